The number of benzene rings is 4. The molecule has 11 nitrogen and oxygen atoms in total. The van der Waals surface area contributed by atoms with E-state index in [0.29, 0.717) is 61.9 Å². The maximum atomic E-state index is 15.4. The number of amides is 3. The lowest BCUT2D eigenvalue weighted by Crippen LogP contribution is -2.52. The van der Waals surface area contributed by atoms with Crippen LogP contribution in [0.1, 0.15) is 48.7 Å². The second kappa shape index (κ2) is 16.3. The molecule has 0 radical (unpaired) electrons. The lowest BCUT2D eigenvalue weighted by molar-refractivity contribution is 0.0193. The summed E-state index contributed by atoms with van der Waals surface area (Å²) in [5.74, 6) is 0.895. The molecule has 57 heavy (non-hydrogen) atoms. The number of anilines is 1. The molecule has 0 aliphatic carbocycles. The zero-order valence-corrected chi connectivity index (χ0v) is 33.1. The van der Waals surface area contributed by atoms with Crippen LogP contribution in [0, 0.1) is 6.92 Å². The van der Waals surface area contributed by atoms with Crippen molar-refractivity contribution >= 4 is 23.6 Å². The monoisotopic (exact) mass is 767 g/mol. The van der Waals surface area contributed by atoms with Gasteiger partial charge in [-0.15, -0.1) is 0 Å². The highest BCUT2D eigenvalue weighted by Crippen LogP contribution is 2.36. The van der Waals surface area contributed by atoms with Gasteiger partial charge in [0.25, 0.3) is 11.8 Å². The molecular formula is C46H49N5O6. The van der Waals surface area contributed by atoms with Gasteiger partial charge in [-0.2, -0.15) is 0 Å². The quantitative estimate of drug-likeness (QED) is 0.173. The molecule has 3 aliphatic rings. The molecule has 1 aromatic heterocycles. The first-order valence-corrected chi connectivity index (χ1v) is 19.6. The van der Waals surface area contributed by atoms with Crippen molar-refractivity contribution in [2.24, 2.45) is 7.05 Å². The normalized spacial score (nSPS) is 16.7. The summed E-state index contributed by atoms with van der Waals surface area (Å²) in [5.41, 5.74) is 8.62. The number of para-hydroxylation sites is 1. The maximum absolute atomic E-state index is 15.4. The van der Waals surface area contributed by atoms with Crippen molar-refractivity contribution < 1.29 is 28.6 Å². The Hall–Kier alpha value is -5.91. The number of carbonyl (C=O) groups excluding carboxylic acids is 3. The molecule has 3 amide bonds. The Kier molecular flexibility index (Phi) is 10.9. The molecule has 8 rings (SSSR count). The highest BCUT2D eigenvalue weighted by molar-refractivity contribution is 6.08. The molecule has 1 saturated heterocycles. The number of hydrogen-bond acceptors (Lipinski definition) is 7. The van der Waals surface area contributed by atoms with Crippen LogP contribution in [0.15, 0.2) is 97.1 Å². The second-order valence-electron chi connectivity index (χ2n) is 15.1. The third kappa shape index (κ3) is 7.77. The van der Waals surface area contributed by atoms with Crippen LogP contribution in [0.4, 0.5) is 10.5 Å². The Bertz CT molecular complexity index is 2280. The van der Waals surface area contributed by atoms with Gasteiger partial charge in [-0.05, 0) is 96.6 Å². The van der Waals surface area contributed by atoms with E-state index in [1.165, 1.54) is 5.56 Å². The van der Waals surface area contributed by atoms with Gasteiger partial charge in [0, 0.05) is 87.6 Å². The summed E-state index contributed by atoms with van der Waals surface area (Å²) in [7, 11) is 5.33. The van der Waals surface area contributed by atoms with Crippen LogP contribution in [-0.4, -0.2) is 96.8 Å². The standard InChI is InChI=1S/C46H49N5O6/c1-31-40(44(52)48(3)36-12-6-5-7-13-36)27-43(47(31)2)41-25-33-18-19-50(46(54)57-39-16-14-38(55-4)15-17-39)28-35(33)26-42(41)45(53)51-29-34-11-9-8-10-32(34)24-37(51)30-49-20-22-56-23-21-49/h5-17,25-27,37H,18-24,28-30H2,1-4H3/t37-/m0/s1. The number of methoxy groups -OCH3 is 1. The Morgan fingerprint density at radius 2 is 1.49 bits per heavy atom. The average Bonchev–Trinajstić information content (AvgIpc) is 3.55. The Morgan fingerprint density at radius 1 is 0.789 bits per heavy atom. The van der Waals surface area contributed by atoms with Crippen LogP contribution in [0.5, 0.6) is 11.5 Å². The van der Waals surface area contributed by atoms with Gasteiger partial charge < -0.3 is 33.5 Å². The molecule has 1 atom stereocenters. The lowest BCUT2D eigenvalue weighted by atomic mass is 9.89. The van der Waals surface area contributed by atoms with Crippen molar-refractivity contribution in [1.29, 1.82) is 0 Å². The van der Waals surface area contributed by atoms with Crippen molar-refractivity contribution in [3.63, 3.8) is 0 Å². The predicted molar refractivity (Wildman–Crippen MR) is 219 cm³/mol. The number of morpholine rings is 1. The number of nitrogens with zero attached hydrogens (tertiary/aromatic N) is 5. The molecular weight excluding hydrogens is 719 g/mol. The first kappa shape index (κ1) is 38.0. The fourth-order valence-electron chi connectivity index (χ4n) is 8.31. The van der Waals surface area contributed by atoms with Crippen LogP contribution in [0.3, 0.4) is 0 Å². The molecule has 0 N–H and O–H groups in total. The summed E-state index contributed by atoms with van der Waals surface area (Å²) >= 11 is 0. The third-order valence-corrected chi connectivity index (χ3v) is 11.8. The largest absolute Gasteiger partial charge is 0.497 e. The van der Waals surface area contributed by atoms with Crippen LogP contribution in [-0.2, 0) is 37.7 Å². The zero-order valence-electron chi connectivity index (χ0n) is 33.1. The van der Waals surface area contributed by atoms with E-state index in [2.05, 4.69) is 29.2 Å². The summed E-state index contributed by atoms with van der Waals surface area (Å²) in [5, 5.41) is 0. The number of rotatable bonds is 8. The smallest absolute Gasteiger partial charge is 0.415 e. The molecule has 0 saturated carbocycles. The van der Waals surface area contributed by atoms with Crippen LogP contribution < -0.4 is 14.4 Å². The van der Waals surface area contributed by atoms with E-state index in [1.807, 2.05) is 72.0 Å². The fourth-order valence-corrected chi connectivity index (χ4v) is 8.31. The molecule has 1 fully saturated rings. The molecule has 11 heteroatoms. The number of ether oxygens (including phenoxy) is 3. The van der Waals surface area contributed by atoms with Gasteiger partial charge in [0.05, 0.1) is 25.9 Å². The lowest BCUT2D eigenvalue weighted by Gasteiger charge is -2.41. The molecule has 0 spiro atoms. The molecule has 5 aromatic rings. The molecule has 0 unspecified atom stereocenters. The molecule has 3 aliphatic heterocycles. The van der Waals surface area contributed by atoms with E-state index in [4.69, 9.17) is 14.2 Å². The number of fused-ring (bicyclic) bond motifs is 2. The van der Waals surface area contributed by atoms with Gasteiger partial charge in [-0.25, -0.2) is 4.79 Å². The van der Waals surface area contributed by atoms with E-state index >= 15 is 4.79 Å². The first-order chi connectivity index (χ1) is 27.7. The number of aromatic nitrogens is 1. The zero-order chi connectivity index (χ0) is 39.6. The van der Waals surface area contributed by atoms with E-state index in [-0.39, 0.29) is 17.9 Å². The van der Waals surface area contributed by atoms with Crippen LogP contribution >= 0.6 is 0 Å². The Balaban J connectivity index is 1.18. The predicted octanol–water partition coefficient (Wildman–Crippen LogP) is 6.74. The summed E-state index contributed by atoms with van der Waals surface area (Å²) < 4.78 is 18.7. The minimum Gasteiger partial charge on any atom is -0.497 e. The fraction of sp³-hybridized carbons (Fsp3) is 0.326. The average molecular weight is 768 g/mol. The SMILES string of the molecule is COc1ccc(OC(=O)N2CCc3cc(-c4cc(C(=O)N(C)c5ccccc5)c(C)n4C)c(C(=O)N4Cc5ccccc5C[C@H]4CN4CCOCC4)cc3C2)cc1. The summed E-state index contributed by atoms with van der Waals surface area (Å²) in [6, 6.07) is 30.8. The van der Waals surface area contributed by atoms with Crippen molar-refractivity contribution in [1.82, 2.24) is 19.3 Å². The highest BCUT2D eigenvalue weighted by atomic mass is 16.6. The first-order valence-electron chi connectivity index (χ1n) is 19.6. The molecule has 4 aromatic carbocycles. The van der Waals surface area contributed by atoms with Gasteiger partial charge in [-0.1, -0.05) is 42.5 Å². The van der Waals surface area contributed by atoms with E-state index in [1.54, 1.807) is 48.2 Å². The maximum Gasteiger partial charge on any atom is 0.415 e. The topological polar surface area (TPSA) is 96.8 Å². The summed E-state index contributed by atoms with van der Waals surface area (Å²) in [6.07, 6.45) is 0.875. The van der Waals surface area contributed by atoms with E-state index in [9.17, 15) is 9.59 Å². The molecule has 4 heterocycles. The second-order valence-corrected chi connectivity index (χ2v) is 15.1. The third-order valence-electron chi connectivity index (χ3n) is 11.8. The van der Waals surface area contributed by atoms with E-state index in [0.717, 1.165) is 65.4 Å². The van der Waals surface area contributed by atoms with Gasteiger partial charge in [0.2, 0.25) is 0 Å². The van der Waals surface area contributed by atoms with Gasteiger partial charge in [-0.3, -0.25) is 14.5 Å². The summed E-state index contributed by atoms with van der Waals surface area (Å²) in [6.45, 7) is 6.92. The van der Waals surface area contributed by atoms with E-state index < -0.39 is 6.09 Å². The Morgan fingerprint density at radius 3 is 2.23 bits per heavy atom. The van der Waals surface area contributed by atoms with Crippen molar-refractivity contribution in [2.75, 3.05) is 58.5 Å². The van der Waals surface area contributed by atoms with Gasteiger partial charge in [0.15, 0.2) is 0 Å². The van der Waals surface area contributed by atoms with Gasteiger partial charge >= 0.3 is 6.09 Å². The van der Waals surface area contributed by atoms with Gasteiger partial charge in [0.1, 0.15) is 11.5 Å². The minimum absolute atomic E-state index is 0.0582. The van der Waals surface area contributed by atoms with Crippen molar-refractivity contribution in [3.05, 3.63) is 136 Å². The van der Waals surface area contributed by atoms with Crippen molar-refractivity contribution in [2.45, 2.75) is 38.9 Å². The Labute approximate surface area is 333 Å². The number of hydrogen-bond donors (Lipinski definition) is 0. The summed E-state index contributed by atoms with van der Waals surface area (Å²) in [4.78, 5) is 50.7. The highest BCUT2D eigenvalue weighted by Gasteiger charge is 2.35. The molecule has 294 valence electrons. The molecule has 0 bridgehead atoms. The van der Waals surface area contributed by atoms with Crippen molar-refractivity contribution in [3.8, 4) is 22.8 Å². The number of carbonyl (C=O) groups is 3. The van der Waals surface area contributed by atoms with Crippen LogP contribution in [0.2, 0.25) is 0 Å². The van der Waals surface area contributed by atoms with Crippen LogP contribution in [0.25, 0.3) is 11.3 Å². The minimum atomic E-state index is -0.454.